The minimum atomic E-state index is -0.449. The summed E-state index contributed by atoms with van der Waals surface area (Å²) in [6, 6.07) is 0. The zero-order valence-electron chi connectivity index (χ0n) is 5.62. The minimum Gasteiger partial charge on any atom is -0.435 e. The van der Waals surface area contributed by atoms with Crippen LogP contribution in [0, 0.1) is 0 Å². The van der Waals surface area contributed by atoms with Gasteiger partial charge in [-0.1, -0.05) is 18.3 Å². The summed E-state index contributed by atoms with van der Waals surface area (Å²) in [6.45, 7) is 4.59. The Morgan fingerprint density at radius 2 is 2.30 bits per heavy atom. The van der Waals surface area contributed by atoms with E-state index in [1.54, 1.807) is 0 Å². The number of carbonyl (C=O) groups excluding carboxylic acids is 2. The second kappa shape index (κ2) is 5.05. The molecule has 0 unspecified atom stereocenters. The average molecular weight is 160 g/mol. The van der Waals surface area contributed by atoms with Gasteiger partial charge in [0, 0.05) is 6.92 Å². The molecule has 0 heterocycles. The lowest BCUT2D eigenvalue weighted by atomic mass is 10.8. The molecule has 0 radical (unpaired) electrons. The first kappa shape index (κ1) is 9.23. The Bertz CT molecular complexity index is 153. The van der Waals surface area contributed by atoms with Crippen LogP contribution >= 0.6 is 11.8 Å². The fourth-order valence-electron chi connectivity index (χ4n) is 0.288. The summed E-state index contributed by atoms with van der Waals surface area (Å²) in [5, 5.41) is -0.0963. The van der Waals surface area contributed by atoms with Crippen molar-refractivity contribution in [3.63, 3.8) is 0 Å². The fraction of sp³-hybridized carbons (Fsp3) is 0.333. The molecule has 0 bridgehead atoms. The van der Waals surface area contributed by atoms with Crippen LogP contribution in [0.25, 0.3) is 0 Å². The van der Waals surface area contributed by atoms with Gasteiger partial charge in [0.15, 0.2) is 5.12 Å². The van der Waals surface area contributed by atoms with E-state index in [1.165, 1.54) is 6.92 Å². The van der Waals surface area contributed by atoms with Crippen molar-refractivity contribution in [2.24, 2.45) is 0 Å². The number of rotatable bonds is 3. The van der Waals surface area contributed by atoms with Crippen molar-refractivity contribution in [1.29, 1.82) is 0 Å². The van der Waals surface area contributed by atoms with E-state index in [0.29, 0.717) is 0 Å². The van der Waals surface area contributed by atoms with Gasteiger partial charge in [0.05, 0.1) is 12.0 Å². The molecule has 0 spiro atoms. The van der Waals surface area contributed by atoms with Gasteiger partial charge in [-0.15, -0.1) is 0 Å². The van der Waals surface area contributed by atoms with Crippen LogP contribution < -0.4 is 0 Å². The van der Waals surface area contributed by atoms with Crippen LogP contribution in [0.5, 0.6) is 0 Å². The Morgan fingerprint density at radius 3 is 2.70 bits per heavy atom. The molecule has 3 nitrogen and oxygen atoms in total. The summed E-state index contributed by atoms with van der Waals surface area (Å²) in [6.07, 6.45) is 1.04. The Morgan fingerprint density at radius 1 is 1.70 bits per heavy atom. The highest BCUT2D eigenvalue weighted by Gasteiger charge is 2.02. The van der Waals surface area contributed by atoms with Crippen LogP contribution in [0.2, 0.25) is 0 Å². The molecule has 0 aliphatic carbocycles. The molecule has 0 aliphatic rings. The van der Waals surface area contributed by atoms with E-state index in [2.05, 4.69) is 11.3 Å². The number of carbonyl (C=O) groups is 2. The van der Waals surface area contributed by atoms with Crippen molar-refractivity contribution in [3.8, 4) is 0 Å². The van der Waals surface area contributed by atoms with Gasteiger partial charge in [-0.3, -0.25) is 9.59 Å². The third-order valence-electron chi connectivity index (χ3n) is 0.608. The lowest BCUT2D eigenvalue weighted by Crippen LogP contribution is -2.03. The summed E-state index contributed by atoms with van der Waals surface area (Å²) < 4.78 is 4.34. The maximum absolute atomic E-state index is 10.5. The maximum Gasteiger partial charge on any atom is 0.321 e. The van der Waals surface area contributed by atoms with Gasteiger partial charge in [0.2, 0.25) is 0 Å². The molecule has 56 valence electrons. The highest BCUT2D eigenvalue weighted by atomic mass is 32.2. The number of ether oxygens (including phenoxy) is 1. The molecule has 0 fully saturated rings. The van der Waals surface area contributed by atoms with Crippen LogP contribution in [0.4, 0.5) is 0 Å². The molecule has 0 aliphatic heterocycles. The van der Waals surface area contributed by atoms with Crippen LogP contribution in [0.1, 0.15) is 6.92 Å². The quantitative estimate of drug-likeness (QED) is 0.455. The molecule has 0 rings (SSSR count). The zero-order valence-corrected chi connectivity index (χ0v) is 6.44. The summed E-state index contributed by atoms with van der Waals surface area (Å²) in [4.78, 5) is 20.8. The first-order valence-corrected chi connectivity index (χ1v) is 3.59. The lowest BCUT2D eigenvalue weighted by Gasteiger charge is -1.94. The van der Waals surface area contributed by atoms with Crippen LogP contribution in [-0.4, -0.2) is 16.8 Å². The highest BCUT2D eigenvalue weighted by molar-refractivity contribution is 8.14. The standard InChI is InChI=1S/C6H8O3S/c1-3-9-6(8)4-10-5(2)7/h3H,1,4H2,2H3. The fourth-order valence-corrected chi connectivity index (χ4v) is 0.677. The molecule has 0 aromatic heterocycles. The summed E-state index contributed by atoms with van der Waals surface area (Å²) in [5.41, 5.74) is 0. The van der Waals surface area contributed by atoms with Gasteiger partial charge in [-0.25, -0.2) is 0 Å². The molecule has 10 heavy (non-hydrogen) atoms. The van der Waals surface area contributed by atoms with Gasteiger partial charge < -0.3 is 4.74 Å². The first-order valence-electron chi connectivity index (χ1n) is 2.60. The molecule has 0 aromatic carbocycles. The molecule has 0 amide bonds. The van der Waals surface area contributed by atoms with E-state index >= 15 is 0 Å². The van der Waals surface area contributed by atoms with Crippen molar-refractivity contribution in [1.82, 2.24) is 0 Å². The Balaban J connectivity index is 3.39. The van der Waals surface area contributed by atoms with Crippen LogP contribution in [0.15, 0.2) is 12.8 Å². The van der Waals surface area contributed by atoms with Gasteiger partial charge >= 0.3 is 5.97 Å². The topological polar surface area (TPSA) is 43.4 Å². The van der Waals surface area contributed by atoms with E-state index in [0.717, 1.165) is 18.0 Å². The highest BCUT2D eigenvalue weighted by Crippen LogP contribution is 2.00. The van der Waals surface area contributed by atoms with Crippen LogP contribution in [0.3, 0.4) is 0 Å². The monoisotopic (exact) mass is 160 g/mol. The lowest BCUT2D eigenvalue weighted by molar-refractivity contribution is -0.135. The molecule has 0 saturated heterocycles. The predicted molar refractivity (Wildman–Crippen MR) is 39.4 cm³/mol. The number of esters is 1. The Labute approximate surface area is 63.4 Å². The van der Waals surface area contributed by atoms with Crippen molar-refractivity contribution in [2.75, 3.05) is 5.75 Å². The van der Waals surface area contributed by atoms with E-state index in [1.807, 2.05) is 0 Å². The van der Waals surface area contributed by atoms with E-state index in [-0.39, 0.29) is 10.9 Å². The maximum atomic E-state index is 10.5. The molecule has 0 saturated carbocycles. The Hall–Kier alpha value is -0.770. The molecule has 0 aromatic rings. The largest absolute Gasteiger partial charge is 0.435 e. The van der Waals surface area contributed by atoms with E-state index in [9.17, 15) is 9.59 Å². The Kier molecular flexibility index (Phi) is 4.66. The van der Waals surface area contributed by atoms with Crippen molar-refractivity contribution in [3.05, 3.63) is 12.8 Å². The smallest absolute Gasteiger partial charge is 0.321 e. The zero-order chi connectivity index (χ0) is 7.98. The molecular formula is C6H8O3S. The summed E-state index contributed by atoms with van der Waals surface area (Å²) in [5.74, 6) is -0.392. The summed E-state index contributed by atoms with van der Waals surface area (Å²) in [7, 11) is 0. The van der Waals surface area contributed by atoms with Crippen molar-refractivity contribution < 1.29 is 14.3 Å². The molecule has 0 N–H and O–H groups in total. The third-order valence-corrected chi connectivity index (χ3v) is 1.39. The molecule has 4 heteroatoms. The first-order chi connectivity index (χ1) is 4.66. The number of hydrogen-bond donors (Lipinski definition) is 0. The van der Waals surface area contributed by atoms with Gasteiger partial charge in [-0.2, -0.15) is 0 Å². The molecule has 0 atom stereocenters. The minimum absolute atomic E-state index is 0.0569. The van der Waals surface area contributed by atoms with Gasteiger partial charge in [0.1, 0.15) is 0 Å². The van der Waals surface area contributed by atoms with Crippen molar-refractivity contribution >= 4 is 22.8 Å². The third kappa shape index (κ3) is 5.37. The molecular weight excluding hydrogens is 152 g/mol. The number of hydrogen-bond acceptors (Lipinski definition) is 4. The van der Waals surface area contributed by atoms with Gasteiger partial charge in [0.25, 0.3) is 0 Å². The predicted octanol–water partition coefficient (Wildman–Crippen LogP) is 0.953. The average Bonchev–Trinajstić information content (AvgIpc) is 1.85. The second-order valence-electron chi connectivity index (χ2n) is 1.44. The van der Waals surface area contributed by atoms with E-state index < -0.39 is 5.97 Å². The summed E-state index contributed by atoms with van der Waals surface area (Å²) >= 11 is 0.918. The van der Waals surface area contributed by atoms with Crippen molar-refractivity contribution in [2.45, 2.75) is 6.92 Å². The van der Waals surface area contributed by atoms with E-state index in [4.69, 9.17) is 0 Å². The van der Waals surface area contributed by atoms with Gasteiger partial charge in [-0.05, 0) is 0 Å². The normalized spacial score (nSPS) is 8.50. The SMILES string of the molecule is C=COC(=O)CSC(C)=O. The second-order valence-corrected chi connectivity index (χ2v) is 2.59. The van der Waals surface area contributed by atoms with Crippen LogP contribution in [-0.2, 0) is 14.3 Å². The number of thioether (sulfide) groups is 1.